The molecule has 3 aromatic heterocycles. The number of hydrogen-bond donors (Lipinski definition) is 0. The van der Waals surface area contributed by atoms with Gasteiger partial charge in [0.05, 0.1) is 33.1 Å². The van der Waals surface area contributed by atoms with Crippen LogP contribution >= 0.6 is 0 Å². The Morgan fingerprint density at radius 3 is 1.50 bits per heavy atom. The number of hydrogen-bond acceptors (Lipinski definition) is 0. The number of fused-ring (bicyclic) bond motifs is 13. The van der Waals surface area contributed by atoms with Crippen LogP contribution in [0.3, 0.4) is 0 Å². The van der Waals surface area contributed by atoms with E-state index >= 15 is 0 Å². The maximum atomic E-state index is 2.49. The van der Waals surface area contributed by atoms with Crippen molar-refractivity contribution in [3.8, 4) is 39.3 Å². The van der Waals surface area contributed by atoms with Gasteiger partial charge in [0.2, 0.25) is 0 Å². The van der Waals surface area contributed by atoms with Crippen molar-refractivity contribution in [1.29, 1.82) is 0 Å². The molecule has 0 fully saturated rings. The maximum Gasteiger partial charge on any atom is 0.0795 e. The van der Waals surface area contributed by atoms with E-state index in [2.05, 4.69) is 228 Å². The van der Waals surface area contributed by atoms with E-state index in [4.69, 9.17) is 0 Å². The fourth-order valence-electron chi connectivity index (χ4n) is 10.7. The average molecular weight is 766 g/mol. The van der Waals surface area contributed by atoms with Crippen molar-refractivity contribution in [3.63, 3.8) is 0 Å². The molecule has 0 saturated heterocycles. The molecule has 0 saturated carbocycles. The minimum absolute atomic E-state index is 0.0855. The SMILES string of the molecule is CC1(C)c2ccccc2-c2cc3c4ccccc4n(-c4ccc(-c5cc6c7ccccc7n(-c7ccccc7)c6c6c5c5ccccc5n6-c5ccccc5)cc4)c3cc21. The molecule has 1 aliphatic rings. The van der Waals surface area contributed by atoms with Gasteiger partial charge in [-0.1, -0.05) is 141 Å². The molecular weight excluding hydrogens is 727 g/mol. The second kappa shape index (κ2) is 12.2. The first kappa shape index (κ1) is 33.4. The van der Waals surface area contributed by atoms with E-state index in [0.29, 0.717) is 0 Å². The van der Waals surface area contributed by atoms with E-state index in [1.165, 1.54) is 98.8 Å². The molecule has 0 atom stereocenters. The smallest absolute Gasteiger partial charge is 0.0795 e. The first-order valence-electron chi connectivity index (χ1n) is 20.9. The molecule has 0 unspecified atom stereocenters. The van der Waals surface area contributed by atoms with Crippen LogP contribution in [0.4, 0.5) is 0 Å². The molecule has 0 aliphatic heterocycles. The lowest BCUT2D eigenvalue weighted by atomic mass is 9.82. The molecule has 1 aliphatic carbocycles. The normalized spacial score (nSPS) is 13.3. The molecule has 0 spiro atoms. The highest BCUT2D eigenvalue weighted by atomic mass is 15.0. The van der Waals surface area contributed by atoms with E-state index in [-0.39, 0.29) is 5.41 Å². The minimum atomic E-state index is -0.0855. The van der Waals surface area contributed by atoms with Gasteiger partial charge in [-0.3, -0.25) is 0 Å². The Kier molecular flexibility index (Phi) is 6.78. The van der Waals surface area contributed by atoms with E-state index in [0.717, 1.165) is 17.1 Å². The summed E-state index contributed by atoms with van der Waals surface area (Å²) in [5, 5.41) is 7.53. The zero-order valence-corrected chi connectivity index (χ0v) is 33.4. The van der Waals surface area contributed by atoms with Crippen molar-refractivity contribution in [3.05, 3.63) is 211 Å². The Morgan fingerprint density at radius 2 is 0.817 bits per heavy atom. The van der Waals surface area contributed by atoms with Gasteiger partial charge in [-0.2, -0.15) is 0 Å². The highest BCUT2D eigenvalue weighted by Crippen LogP contribution is 2.51. The van der Waals surface area contributed by atoms with Crippen LogP contribution < -0.4 is 0 Å². The Morgan fingerprint density at radius 1 is 0.317 bits per heavy atom. The van der Waals surface area contributed by atoms with Gasteiger partial charge in [0.1, 0.15) is 0 Å². The fraction of sp³-hybridized carbons (Fsp3) is 0.0526. The lowest BCUT2D eigenvalue weighted by Crippen LogP contribution is -2.14. The van der Waals surface area contributed by atoms with Crippen LogP contribution in [0, 0.1) is 0 Å². The van der Waals surface area contributed by atoms with Crippen molar-refractivity contribution < 1.29 is 0 Å². The number of aromatic nitrogens is 3. The van der Waals surface area contributed by atoms with Crippen molar-refractivity contribution in [2.45, 2.75) is 19.3 Å². The molecule has 9 aromatic carbocycles. The summed E-state index contributed by atoms with van der Waals surface area (Å²) in [5.41, 5.74) is 18.5. The largest absolute Gasteiger partial charge is 0.309 e. The molecule has 282 valence electrons. The number of para-hydroxylation sites is 5. The Hall–Kier alpha value is -7.62. The van der Waals surface area contributed by atoms with Gasteiger partial charge in [-0.15, -0.1) is 0 Å². The van der Waals surface area contributed by atoms with Gasteiger partial charge in [-0.25, -0.2) is 0 Å². The average Bonchev–Trinajstić information content (AvgIpc) is 4.00. The van der Waals surface area contributed by atoms with E-state index < -0.39 is 0 Å². The molecule has 13 rings (SSSR count). The molecular formula is C57H39N3. The molecule has 3 nitrogen and oxygen atoms in total. The topological polar surface area (TPSA) is 14.8 Å². The monoisotopic (exact) mass is 765 g/mol. The van der Waals surface area contributed by atoms with Crippen molar-refractivity contribution in [2.75, 3.05) is 0 Å². The fourth-order valence-corrected chi connectivity index (χ4v) is 10.7. The third-order valence-electron chi connectivity index (χ3n) is 13.4. The predicted octanol–water partition coefficient (Wildman–Crippen LogP) is 15.0. The summed E-state index contributed by atoms with van der Waals surface area (Å²) in [7, 11) is 0. The molecule has 0 amide bonds. The molecule has 0 bridgehead atoms. The predicted molar refractivity (Wildman–Crippen MR) is 252 cm³/mol. The number of rotatable bonds is 4. The van der Waals surface area contributed by atoms with E-state index in [1.54, 1.807) is 0 Å². The first-order chi connectivity index (χ1) is 29.6. The lowest BCUT2D eigenvalue weighted by Gasteiger charge is -2.21. The summed E-state index contributed by atoms with van der Waals surface area (Å²) in [4.78, 5) is 0. The molecule has 3 heteroatoms. The van der Waals surface area contributed by atoms with Crippen molar-refractivity contribution in [2.24, 2.45) is 0 Å². The zero-order valence-electron chi connectivity index (χ0n) is 33.4. The van der Waals surface area contributed by atoms with Gasteiger partial charge in [0.15, 0.2) is 0 Å². The maximum absolute atomic E-state index is 2.49. The zero-order chi connectivity index (χ0) is 39.7. The second-order valence-electron chi connectivity index (χ2n) is 16.9. The van der Waals surface area contributed by atoms with Crippen LogP contribution in [0.1, 0.15) is 25.0 Å². The van der Waals surface area contributed by atoms with Gasteiger partial charge in [-0.05, 0) is 106 Å². The number of nitrogens with zero attached hydrogens (tertiary/aromatic N) is 3. The van der Waals surface area contributed by atoms with Crippen LogP contribution in [0.25, 0.3) is 105 Å². The highest BCUT2D eigenvalue weighted by Gasteiger charge is 2.36. The van der Waals surface area contributed by atoms with Gasteiger partial charge < -0.3 is 13.7 Å². The molecule has 12 aromatic rings. The molecule has 3 heterocycles. The Bertz CT molecular complexity index is 3710. The third-order valence-corrected chi connectivity index (χ3v) is 13.4. The molecule has 0 N–H and O–H groups in total. The van der Waals surface area contributed by atoms with Crippen LogP contribution in [-0.4, -0.2) is 13.7 Å². The lowest BCUT2D eigenvalue weighted by molar-refractivity contribution is 0.661. The van der Waals surface area contributed by atoms with Gasteiger partial charge >= 0.3 is 0 Å². The van der Waals surface area contributed by atoms with Gasteiger partial charge in [0.25, 0.3) is 0 Å². The summed E-state index contributed by atoms with van der Waals surface area (Å²) in [5.74, 6) is 0. The Balaban J connectivity index is 1.09. The van der Waals surface area contributed by atoms with Crippen LogP contribution in [0.15, 0.2) is 200 Å². The van der Waals surface area contributed by atoms with Crippen LogP contribution in [-0.2, 0) is 5.41 Å². The van der Waals surface area contributed by atoms with Gasteiger partial charge in [0, 0.05) is 54.8 Å². The standard InChI is InChI=1S/C57H39N3/c1-57(2)48-25-13-9-21-40(48)45-34-46-41-22-10-14-26-50(41)58(53(46)35-49(45)57)39-31-29-36(30-32-39)44-33-47-42-23-11-15-27-51(42)59(37-17-5-3-6-18-37)55(47)56-54(44)43-24-12-16-28-52(43)60(56)38-19-7-4-8-20-38/h3-35H,1-2H3. The summed E-state index contributed by atoms with van der Waals surface area (Å²) < 4.78 is 7.43. The highest BCUT2D eigenvalue weighted by molar-refractivity contribution is 6.28. The Labute approximate surface area is 347 Å². The quantitative estimate of drug-likeness (QED) is 0.169. The summed E-state index contributed by atoms with van der Waals surface area (Å²) >= 11 is 0. The second-order valence-corrected chi connectivity index (χ2v) is 16.9. The van der Waals surface area contributed by atoms with E-state index in [1.807, 2.05) is 0 Å². The van der Waals surface area contributed by atoms with Crippen molar-refractivity contribution in [1.82, 2.24) is 13.7 Å². The number of benzene rings is 9. The van der Waals surface area contributed by atoms with E-state index in [9.17, 15) is 0 Å². The molecule has 0 radical (unpaired) electrons. The van der Waals surface area contributed by atoms with Crippen molar-refractivity contribution >= 4 is 65.4 Å². The summed E-state index contributed by atoms with van der Waals surface area (Å²) in [6.07, 6.45) is 0. The summed E-state index contributed by atoms with van der Waals surface area (Å²) in [6.45, 7) is 4.74. The summed E-state index contributed by atoms with van der Waals surface area (Å²) in [6, 6.07) is 74.0. The first-order valence-corrected chi connectivity index (χ1v) is 20.9. The van der Waals surface area contributed by atoms with Crippen LogP contribution in [0.5, 0.6) is 0 Å². The molecule has 60 heavy (non-hydrogen) atoms. The van der Waals surface area contributed by atoms with Crippen LogP contribution in [0.2, 0.25) is 0 Å². The minimum Gasteiger partial charge on any atom is -0.309 e. The third kappa shape index (κ3) is 4.44.